The molecule has 0 radical (unpaired) electrons. The number of carbonyl (C=O) groups is 2. The Hall–Kier alpha value is -1.78. The second-order valence-corrected chi connectivity index (χ2v) is 14.6. The second kappa shape index (κ2) is 10.6. The monoisotopic (exact) mass is 539 g/mol. The van der Waals surface area contributed by atoms with Gasteiger partial charge in [-0.1, -0.05) is 39.3 Å². The summed E-state index contributed by atoms with van der Waals surface area (Å²) in [6.07, 6.45) is 14.0. The van der Waals surface area contributed by atoms with E-state index < -0.39 is 0 Å². The SMILES string of the molecule is CCCC(=O)O[C@H]1CC[C@@]2(C)C(=CC[C@H]3[C@@H]4C[C@@]5(C)OC(CC[C@@H](C)CNC(C)=O)=C(C)[C@@H]5[C@@]4(C)CC[C@@H]32)C1. The highest BCUT2D eigenvalue weighted by atomic mass is 16.5. The molecule has 9 atom stereocenters. The number of hydrogen-bond acceptors (Lipinski definition) is 4. The summed E-state index contributed by atoms with van der Waals surface area (Å²) in [5, 5.41) is 2.96. The highest BCUT2D eigenvalue weighted by molar-refractivity contribution is 5.72. The lowest BCUT2D eigenvalue weighted by Gasteiger charge is -2.58. The van der Waals surface area contributed by atoms with Crippen LogP contribution in [0, 0.1) is 40.4 Å². The zero-order valence-electron chi connectivity index (χ0n) is 25.7. The number of nitrogens with one attached hydrogen (secondary N) is 1. The van der Waals surface area contributed by atoms with E-state index in [1.165, 1.54) is 30.6 Å². The Labute approximate surface area is 236 Å². The van der Waals surface area contributed by atoms with Crippen molar-refractivity contribution < 1.29 is 19.1 Å². The zero-order chi connectivity index (χ0) is 28.2. The fourth-order valence-corrected chi connectivity index (χ4v) is 10.1. The van der Waals surface area contributed by atoms with Crippen LogP contribution in [0.25, 0.3) is 0 Å². The summed E-state index contributed by atoms with van der Waals surface area (Å²) in [7, 11) is 0. The van der Waals surface area contributed by atoms with E-state index in [0.717, 1.165) is 63.3 Å². The number of esters is 1. The van der Waals surface area contributed by atoms with Gasteiger partial charge in [0.15, 0.2) is 0 Å². The van der Waals surface area contributed by atoms with Gasteiger partial charge in [-0.15, -0.1) is 0 Å². The van der Waals surface area contributed by atoms with Gasteiger partial charge in [-0.25, -0.2) is 0 Å². The molecule has 1 N–H and O–H groups in total. The molecule has 0 bridgehead atoms. The summed E-state index contributed by atoms with van der Waals surface area (Å²) in [5.74, 6) is 4.34. The van der Waals surface area contributed by atoms with Crippen molar-refractivity contribution in [2.24, 2.45) is 40.4 Å². The molecule has 5 aliphatic rings. The van der Waals surface area contributed by atoms with Crippen LogP contribution >= 0.6 is 0 Å². The van der Waals surface area contributed by atoms with Crippen LogP contribution in [0.3, 0.4) is 0 Å². The van der Waals surface area contributed by atoms with Crippen LogP contribution in [0.5, 0.6) is 0 Å². The maximum atomic E-state index is 12.2. The maximum Gasteiger partial charge on any atom is 0.306 e. The molecule has 0 saturated heterocycles. The van der Waals surface area contributed by atoms with Crippen LogP contribution < -0.4 is 5.32 Å². The Kier molecular flexibility index (Phi) is 7.78. The van der Waals surface area contributed by atoms with Crippen molar-refractivity contribution in [1.29, 1.82) is 0 Å². The van der Waals surface area contributed by atoms with Crippen molar-refractivity contribution >= 4 is 11.9 Å². The van der Waals surface area contributed by atoms with Gasteiger partial charge in [0.2, 0.25) is 5.91 Å². The van der Waals surface area contributed by atoms with E-state index in [1.807, 2.05) is 6.92 Å². The van der Waals surface area contributed by atoms with Gasteiger partial charge >= 0.3 is 5.97 Å². The minimum atomic E-state index is -0.0926. The number of rotatable bonds is 8. The predicted molar refractivity (Wildman–Crippen MR) is 155 cm³/mol. The standard InChI is InChI=1S/C34H53NO4/c1-8-9-30(37)38-25-14-16-32(5)24(18-25)11-12-26-27(32)15-17-33(6)28(26)19-34(7)31(33)22(3)29(39-34)13-10-21(2)20-35-23(4)36/h11,21,25-28,31H,8-10,12-20H2,1-7H3,(H,35,36)/t21-,25+,26-,27+,28+,31-,32+,33+,34-/m1/s1. The van der Waals surface area contributed by atoms with E-state index in [0.29, 0.717) is 24.2 Å². The smallest absolute Gasteiger partial charge is 0.306 e. The second-order valence-electron chi connectivity index (χ2n) is 14.6. The molecule has 3 saturated carbocycles. The highest BCUT2D eigenvalue weighted by Crippen LogP contribution is 2.71. The van der Waals surface area contributed by atoms with E-state index >= 15 is 0 Å². The third-order valence-corrected chi connectivity index (χ3v) is 11.9. The quantitative estimate of drug-likeness (QED) is 0.256. The third kappa shape index (κ3) is 4.99. The molecule has 3 fully saturated rings. The lowest BCUT2D eigenvalue weighted by Crippen LogP contribution is -2.50. The van der Waals surface area contributed by atoms with Crippen molar-refractivity contribution in [2.45, 2.75) is 131 Å². The summed E-state index contributed by atoms with van der Waals surface area (Å²) in [5.41, 5.74) is 3.51. The summed E-state index contributed by atoms with van der Waals surface area (Å²) >= 11 is 0. The molecule has 0 aromatic carbocycles. The average molecular weight is 540 g/mol. The summed E-state index contributed by atoms with van der Waals surface area (Å²) < 4.78 is 12.8. The van der Waals surface area contributed by atoms with Gasteiger partial charge in [0.1, 0.15) is 11.7 Å². The topological polar surface area (TPSA) is 64.6 Å². The summed E-state index contributed by atoms with van der Waals surface area (Å²) in [6.45, 7) is 16.5. The van der Waals surface area contributed by atoms with Gasteiger partial charge in [0, 0.05) is 38.6 Å². The average Bonchev–Trinajstić information content (AvgIpc) is 3.27. The van der Waals surface area contributed by atoms with E-state index in [4.69, 9.17) is 9.47 Å². The Morgan fingerprint density at radius 3 is 2.67 bits per heavy atom. The van der Waals surface area contributed by atoms with Gasteiger partial charge in [0.25, 0.3) is 0 Å². The third-order valence-electron chi connectivity index (χ3n) is 11.9. The Balaban J connectivity index is 1.30. The first-order chi connectivity index (χ1) is 18.4. The van der Waals surface area contributed by atoms with Crippen molar-refractivity contribution in [3.8, 4) is 0 Å². The van der Waals surface area contributed by atoms with Gasteiger partial charge in [-0.05, 0) is 105 Å². The number of carbonyl (C=O) groups excluding carboxylic acids is 2. The fourth-order valence-electron chi connectivity index (χ4n) is 10.1. The summed E-state index contributed by atoms with van der Waals surface area (Å²) in [4.78, 5) is 23.5. The van der Waals surface area contributed by atoms with Gasteiger partial charge in [0.05, 0.1) is 5.76 Å². The Morgan fingerprint density at radius 2 is 1.95 bits per heavy atom. The van der Waals surface area contributed by atoms with E-state index in [2.05, 4.69) is 46.0 Å². The first-order valence-electron chi connectivity index (χ1n) is 15.9. The van der Waals surface area contributed by atoms with E-state index in [1.54, 1.807) is 12.5 Å². The molecular weight excluding hydrogens is 486 g/mol. The first kappa shape index (κ1) is 28.7. The van der Waals surface area contributed by atoms with E-state index in [-0.39, 0.29) is 34.4 Å². The Bertz CT molecular complexity index is 1050. The lowest BCUT2D eigenvalue weighted by molar-refractivity contribution is -0.151. The number of hydrogen-bond donors (Lipinski definition) is 1. The molecule has 0 aromatic rings. The van der Waals surface area contributed by atoms with Crippen molar-refractivity contribution in [1.82, 2.24) is 5.32 Å². The van der Waals surface area contributed by atoms with Crippen LogP contribution in [0.2, 0.25) is 0 Å². The minimum absolute atomic E-state index is 0.0236. The first-order valence-corrected chi connectivity index (χ1v) is 15.9. The minimum Gasteiger partial charge on any atom is -0.491 e. The molecule has 0 unspecified atom stereocenters. The molecule has 4 aliphatic carbocycles. The lowest BCUT2D eigenvalue weighted by atomic mass is 9.47. The number of fused-ring (bicyclic) bond motifs is 7. The molecule has 39 heavy (non-hydrogen) atoms. The predicted octanol–water partition coefficient (Wildman–Crippen LogP) is 7.50. The molecule has 5 nitrogen and oxygen atoms in total. The van der Waals surface area contributed by atoms with Crippen molar-refractivity contribution in [2.75, 3.05) is 6.54 Å². The molecule has 0 aromatic heterocycles. The van der Waals surface area contributed by atoms with Crippen molar-refractivity contribution in [3.05, 3.63) is 23.0 Å². The molecular formula is C34H53NO4. The van der Waals surface area contributed by atoms with Crippen LogP contribution in [-0.2, 0) is 19.1 Å². The largest absolute Gasteiger partial charge is 0.491 e. The molecule has 1 amide bonds. The van der Waals surface area contributed by atoms with Gasteiger partial charge in [-0.3, -0.25) is 9.59 Å². The fraction of sp³-hybridized carbons (Fsp3) is 0.824. The zero-order valence-corrected chi connectivity index (χ0v) is 25.7. The normalized spacial score (nSPS) is 41.4. The van der Waals surface area contributed by atoms with Crippen LogP contribution in [0.15, 0.2) is 23.0 Å². The van der Waals surface area contributed by atoms with Crippen LogP contribution in [0.4, 0.5) is 0 Å². The van der Waals surface area contributed by atoms with Crippen LogP contribution in [-0.4, -0.2) is 30.1 Å². The van der Waals surface area contributed by atoms with Crippen LogP contribution in [0.1, 0.15) is 119 Å². The molecule has 1 aliphatic heterocycles. The molecule has 5 rings (SSSR count). The van der Waals surface area contributed by atoms with Gasteiger partial charge < -0.3 is 14.8 Å². The molecule has 0 spiro atoms. The maximum absolute atomic E-state index is 12.2. The molecule has 5 heteroatoms. The number of ether oxygens (including phenoxy) is 2. The number of allylic oxidation sites excluding steroid dienone is 2. The van der Waals surface area contributed by atoms with Gasteiger partial charge in [-0.2, -0.15) is 0 Å². The Morgan fingerprint density at radius 1 is 1.18 bits per heavy atom. The molecule has 1 heterocycles. The number of amides is 1. The highest BCUT2D eigenvalue weighted by Gasteiger charge is 2.67. The summed E-state index contributed by atoms with van der Waals surface area (Å²) in [6, 6.07) is 0. The van der Waals surface area contributed by atoms with E-state index in [9.17, 15) is 9.59 Å². The molecule has 218 valence electrons. The van der Waals surface area contributed by atoms with Crippen molar-refractivity contribution in [3.63, 3.8) is 0 Å².